The predicted octanol–water partition coefficient (Wildman–Crippen LogP) is 4.51. The number of hydrogen-bond donors (Lipinski definition) is 1. The third kappa shape index (κ3) is 3.28. The SMILES string of the molecule is CCC1CCC(Cn2cnc3cc(-c4cn[nH]c4)ccc32)N1C(=O)c1ccccc1. The lowest BCUT2D eigenvalue weighted by molar-refractivity contribution is 0.0648. The van der Waals surface area contributed by atoms with Gasteiger partial charge in [0.1, 0.15) is 0 Å². The molecule has 1 aliphatic rings. The van der Waals surface area contributed by atoms with Crippen molar-refractivity contribution in [3.8, 4) is 11.1 Å². The molecule has 0 bridgehead atoms. The van der Waals surface area contributed by atoms with Crippen LogP contribution >= 0.6 is 0 Å². The lowest BCUT2D eigenvalue weighted by Crippen LogP contribution is -2.42. The Hall–Kier alpha value is -3.41. The van der Waals surface area contributed by atoms with Crippen LogP contribution in [0.5, 0.6) is 0 Å². The summed E-state index contributed by atoms with van der Waals surface area (Å²) in [6.45, 7) is 2.93. The van der Waals surface area contributed by atoms with Gasteiger partial charge in [-0.25, -0.2) is 4.98 Å². The number of imidazole rings is 1. The summed E-state index contributed by atoms with van der Waals surface area (Å²) < 4.78 is 2.18. The molecule has 2 atom stereocenters. The van der Waals surface area contributed by atoms with E-state index in [0.717, 1.165) is 53.5 Å². The predicted molar refractivity (Wildman–Crippen MR) is 117 cm³/mol. The molecule has 3 heterocycles. The van der Waals surface area contributed by atoms with E-state index in [-0.39, 0.29) is 11.9 Å². The van der Waals surface area contributed by atoms with Gasteiger partial charge >= 0.3 is 0 Å². The van der Waals surface area contributed by atoms with Crippen LogP contribution in [0.2, 0.25) is 0 Å². The zero-order valence-electron chi connectivity index (χ0n) is 17.0. The number of carbonyl (C=O) groups excluding carboxylic acids is 1. The molecule has 6 heteroatoms. The number of benzene rings is 2. The fourth-order valence-corrected chi connectivity index (χ4v) is 4.63. The van der Waals surface area contributed by atoms with Crippen molar-refractivity contribution < 1.29 is 4.79 Å². The first kappa shape index (κ1) is 18.6. The van der Waals surface area contributed by atoms with E-state index in [2.05, 4.69) is 49.8 Å². The molecule has 4 aromatic rings. The molecule has 0 spiro atoms. The number of aromatic nitrogens is 4. The molecule has 1 saturated heterocycles. The molecule has 1 N–H and O–H groups in total. The third-order valence-corrected chi connectivity index (χ3v) is 6.21. The van der Waals surface area contributed by atoms with Gasteiger partial charge in [-0.1, -0.05) is 31.2 Å². The normalized spacial score (nSPS) is 18.9. The van der Waals surface area contributed by atoms with Crippen molar-refractivity contribution in [2.24, 2.45) is 0 Å². The van der Waals surface area contributed by atoms with Crippen LogP contribution in [-0.2, 0) is 6.54 Å². The Bertz CT molecular complexity index is 1150. The highest BCUT2D eigenvalue weighted by Gasteiger charge is 2.36. The molecule has 2 aromatic carbocycles. The van der Waals surface area contributed by atoms with Gasteiger partial charge in [0.15, 0.2) is 0 Å². The van der Waals surface area contributed by atoms with Crippen LogP contribution in [0.25, 0.3) is 22.2 Å². The molecular formula is C24H25N5O. The summed E-state index contributed by atoms with van der Waals surface area (Å²) in [4.78, 5) is 20.0. The van der Waals surface area contributed by atoms with E-state index in [1.165, 1.54) is 0 Å². The van der Waals surface area contributed by atoms with E-state index < -0.39 is 0 Å². The summed E-state index contributed by atoms with van der Waals surface area (Å²) in [5, 5.41) is 6.88. The van der Waals surface area contributed by atoms with Crippen LogP contribution in [0.15, 0.2) is 67.3 Å². The minimum Gasteiger partial charge on any atom is -0.331 e. The Morgan fingerprint density at radius 2 is 1.93 bits per heavy atom. The molecule has 0 radical (unpaired) electrons. The van der Waals surface area contributed by atoms with Gasteiger partial charge in [0.05, 0.1) is 29.6 Å². The van der Waals surface area contributed by atoms with Gasteiger partial charge in [-0.15, -0.1) is 0 Å². The number of fused-ring (bicyclic) bond motifs is 1. The summed E-state index contributed by atoms with van der Waals surface area (Å²) in [6, 6.07) is 16.4. The number of hydrogen-bond acceptors (Lipinski definition) is 3. The molecule has 2 unspecified atom stereocenters. The third-order valence-electron chi connectivity index (χ3n) is 6.21. The Labute approximate surface area is 175 Å². The van der Waals surface area contributed by atoms with Crippen LogP contribution in [0.4, 0.5) is 0 Å². The maximum Gasteiger partial charge on any atom is 0.254 e. The van der Waals surface area contributed by atoms with Crippen LogP contribution < -0.4 is 0 Å². The highest BCUT2D eigenvalue weighted by molar-refractivity contribution is 5.94. The second-order valence-corrected chi connectivity index (χ2v) is 7.96. The summed E-state index contributed by atoms with van der Waals surface area (Å²) in [5.74, 6) is 0.136. The standard InChI is InChI=1S/C24H25N5O/c1-2-20-9-10-21(29(20)24(30)17-6-4-3-5-7-17)15-28-16-25-22-12-18(8-11-23(22)28)19-13-26-27-14-19/h3-8,11-14,16,20-21H,2,9-10,15H2,1H3,(H,26,27). The molecular weight excluding hydrogens is 374 g/mol. The number of likely N-dealkylation sites (tertiary alicyclic amines) is 1. The van der Waals surface area contributed by atoms with Crippen molar-refractivity contribution >= 4 is 16.9 Å². The van der Waals surface area contributed by atoms with Crippen LogP contribution in [0, 0.1) is 0 Å². The molecule has 152 valence electrons. The number of nitrogens with zero attached hydrogens (tertiary/aromatic N) is 4. The van der Waals surface area contributed by atoms with Gasteiger partial charge in [-0.3, -0.25) is 9.89 Å². The summed E-state index contributed by atoms with van der Waals surface area (Å²) in [7, 11) is 0. The lowest BCUT2D eigenvalue weighted by Gasteiger charge is -2.30. The first-order valence-corrected chi connectivity index (χ1v) is 10.6. The van der Waals surface area contributed by atoms with E-state index in [4.69, 9.17) is 0 Å². The van der Waals surface area contributed by atoms with Crippen molar-refractivity contribution in [3.63, 3.8) is 0 Å². The number of H-pyrrole nitrogens is 1. The molecule has 30 heavy (non-hydrogen) atoms. The molecule has 5 rings (SSSR count). The number of aromatic amines is 1. The Kier molecular flexibility index (Phi) is 4.83. The molecule has 1 aliphatic heterocycles. The molecule has 1 fully saturated rings. The van der Waals surface area contributed by atoms with Crippen LogP contribution in [0.3, 0.4) is 0 Å². The maximum absolute atomic E-state index is 13.3. The van der Waals surface area contributed by atoms with Gasteiger partial charge in [0.2, 0.25) is 0 Å². The number of nitrogens with one attached hydrogen (secondary N) is 1. The average Bonchev–Trinajstić information content (AvgIpc) is 3.54. The zero-order valence-corrected chi connectivity index (χ0v) is 17.0. The first-order valence-electron chi connectivity index (χ1n) is 10.6. The van der Waals surface area contributed by atoms with E-state index in [1.807, 2.05) is 49.1 Å². The minimum atomic E-state index is 0.136. The largest absolute Gasteiger partial charge is 0.331 e. The number of rotatable bonds is 5. The average molecular weight is 399 g/mol. The molecule has 6 nitrogen and oxygen atoms in total. The topological polar surface area (TPSA) is 66.8 Å². The van der Waals surface area contributed by atoms with E-state index >= 15 is 0 Å². The molecule has 0 saturated carbocycles. The van der Waals surface area contributed by atoms with Crippen molar-refractivity contribution in [1.29, 1.82) is 0 Å². The smallest absolute Gasteiger partial charge is 0.254 e. The Morgan fingerprint density at radius 1 is 1.10 bits per heavy atom. The fraction of sp³-hybridized carbons (Fsp3) is 0.292. The van der Waals surface area contributed by atoms with Crippen molar-refractivity contribution in [1.82, 2.24) is 24.6 Å². The van der Waals surface area contributed by atoms with Crippen molar-refractivity contribution in [2.75, 3.05) is 0 Å². The zero-order chi connectivity index (χ0) is 20.5. The highest BCUT2D eigenvalue weighted by atomic mass is 16.2. The molecule has 0 aliphatic carbocycles. The van der Waals surface area contributed by atoms with E-state index in [1.54, 1.807) is 0 Å². The van der Waals surface area contributed by atoms with Gasteiger partial charge < -0.3 is 9.47 Å². The van der Waals surface area contributed by atoms with Gasteiger partial charge in [0.25, 0.3) is 5.91 Å². The quantitative estimate of drug-likeness (QED) is 0.537. The molecule has 1 amide bonds. The Balaban J connectivity index is 1.42. The van der Waals surface area contributed by atoms with E-state index in [9.17, 15) is 4.79 Å². The monoisotopic (exact) mass is 399 g/mol. The van der Waals surface area contributed by atoms with Gasteiger partial charge in [-0.2, -0.15) is 5.10 Å². The van der Waals surface area contributed by atoms with Gasteiger partial charge in [0, 0.05) is 29.9 Å². The maximum atomic E-state index is 13.3. The second-order valence-electron chi connectivity index (χ2n) is 7.96. The Morgan fingerprint density at radius 3 is 2.70 bits per heavy atom. The summed E-state index contributed by atoms with van der Waals surface area (Å²) in [5.41, 5.74) is 4.96. The van der Waals surface area contributed by atoms with Crippen molar-refractivity contribution in [3.05, 3.63) is 72.8 Å². The number of carbonyl (C=O) groups is 1. The minimum absolute atomic E-state index is 0.136. The van der Waals surface area contributed by atoms with Crippen LogP contribution in [0.1, 0.15) is 36.5 Å². The summed E-state index contributed by atoms with van der Waals surface area (Å²) in [6.07, 6.45) is 8.65. The van der Waals surface area contributed by atoms with E-state index in [0.29, 0.717) is 6.04 Å². The highest BCUT2D eigenvalue weighted by Crippen LogP contribution is 2.30. The van der Waals surface area contributed by atoms with Gasteiger partial charge in [-0.05, 0) is 49.1 Å². The fourth-order valence-electron chi connectivity index (χ4n) is 4.63. The summed E-state index contributed by atoms with van der Waals surface area (Å²) >= 11 is 0. The second kappa shape index (κ2) is 7.78. The first-order chi connectivity index (χ1) is 14.7. The number of amides is 1. The lowest BCUT2D eigenvalue weighted by atomic mass is 10.1. The van der Waals surface area contributed by atoms with Crippen molar-refractivity contribution in [2.45, 2.75) is 44.8 Å². The van der Waals surface area contributed by atoms with Crippen LogP contribution in [-0.4, -0.2) is 42.6 Å². The molecule has 2 aromatic heterocycles.